The van der Waals surface area contributed by atoms with Gasteiger partial charge < -0.3 is 5.32 Å². The highest BCUT2D eigenvalue weighted by Gasteiger charge is 2.24. The van der Waals surface area contributed by atoms with Crippen LogP contribution in [-0.4, -0.2) is 22.6 Å². The summed E-state index contributed by atoms with van der Waals surface area (Å²) in [7, 11) is 0. The summed E-state index contributed by atoms with van der Waals surface area (Å²) in [5.41, 5.74) is 2.32. The maximum absolute atomic E-state index is 11.0. The molecule has 1 fully saturated rings. The minimum absolute atomic E-state index is 0.0621. The summed E-state index contributed by atoms with van der Waals surface area (Å²) in [6.45, 7) is 2.38. The van der Waals surface area contributed by atoms with E-state index < -0.39 is 0 Å². The van der Waals surface area contributed by atoms with Gasteiger partial charge in [0.2, 0.25) is 5.91 Å². The highest BCUT2D eigenvalue weighted by atomic mass is 35.5. The van der Waals surface area contributed by atoms with Gasteiger partial charge in [0.25, 0.3) is 0 Å². The molecule has 0 radical (unpaired) electrons. The van der Waals surface area contributed by atoms with E-state index in [0.29, 0.717) is 11.8 Å². The van der Waals surface area contributed by atoms with Crippen LogP contribution < -0.4 is 5.32 Å². The van der Waals surface area contributed by atoms with Crippen molar-refractivity contribution in [3.8, 4) is 0 Å². The van der Waals surface area contributed by atoms with Crippen LogP contribution >= 0.6 is 11.6 Å². The van der Waals surface area contributed by atoms with Crippen LogP contribution in [0.3, 0.4) is 0 Å². The van der Waals surface area contributed by atoms with Crippen molar-refractivity contribution in [1.29, 1.82) is 0 Å². The molecule has 0 unspecified atom stereocenters. The maximum atomic E-state index is 11.0. The second kappa shape index (κ2) is 6.06. The Hall–Kier alpha value is -1.55. The van der Waals surface area contributed by atoms with Crippen molar-refractivity contribution in [2.75, 3.05) is 6.54 Å². The summed E-state index contributed by atoms with van der Waals surface area (Å²) in [5, 5.41) is 12.0. The Morgan fingerprint density at radius 2 is 2.14 bits per heavy atom. The molecule has 2 N–H and O–H groups in total. The number of hydrogen-bond acceptors (Lipinski definition) is 2. The number of H-pyrrole nitrogens is 1. The van der Waals surface area contributed by atoms with Crippen molar-refractivity contribution in [2.24, 2.45) is 5.92 Å². The number of nitrogens with one attached hydrogen (secondary N) is 2. The molecule has 0 spiro atoms. The number of halogens is 1. The molecule has 0 saturated heterocycles. The van der Waals surface area contributed by atoms with E-state index in [9.17, 15) is 4.79 Å². The number of hydrogen-bond donors (Lipinski definition) is 2. The molecule has 1 aromatic heterocycles. The van der Waals surface area contributed by atoms with Gasteiger partial charge in [-0.2, -0.15) is 5.10 Å². The van der Waals surface area contributed by atoms with E-state index in [1.807, 2.05) is 12.3 Å². The lowest BCUT2D eigenvalue weighted by Crippen LogP contribution is -2.29. The van der Waals surface area contributed by atoms with Crippen LogP contribution in [0.5, 0.6) is 0 Å². The molecule has 1 aliphatic carbocycles. The van der Waals surface area contributed by atoms with Gasteiger partial charge in [0.15, 0.2) is 0 Å². The molecular weight excluding hydrogens is 286 g/mol. The summed E-state index contributed by atoms with van der Waals surface area (Å²) in [4.78, 5) is 11.0. The summed E-state index contributed by atoms with van der Waals surface area (Å²) >= 11 is 6.22. The van der Waals surface area contributed by atoms with E-state index in [1.54, 1.807) is 6.92 Å². The Kier molecular flexibility index (Phi) is 4.15. The van der Waals surface area contributed by atoms with Gasteiger partial charge >= 0.3 is 0 Å². The van der Waals surface area contributed by atoms with Crippen molar-refractivity contribution in [2.45, 2.75) is 38.5 Å². The molecule has 1 aromatic carbocycles. The molecule has 1 amide bonds. The van der Waals surface area contributed by atoms with Crippen molar-refractivity contribution < 1.29 is 4.79 Å². The second-order valence-electron chi connectivity index (χ2n) is 5.98. The fourth-order valence-corrected chi connectivity index (χ4v) is 3.57. The largest absolute Gasteiger partial charge is 0.356 e. The molecule has 0 atom stereocenters. The van der Waals surface area contributed by atoms with Crippen molar-refractivity contribution >= 4 is 28.4 Å². The lowest BCUT2D eigenvalue weighted by Gasteiger charge is -2.29. The molecular formula is C16H20ClN3O. The normalized spacial score (nSPS) is 22.4. The van der Waals surface area contributed by atoms with E-state index in [0.717, 1.165) is 42.8 Å². The lowest BCUT2D eigenvalue weighted by molar-refractivity contribution is -0.119. The van der Waals surface area contributed by atoms with Gasteiger partial charge in [-0.3, -0.25) is 9.89 Å². The van der Waals surface area contributed by atoms with Crippen LogP contribution in [0.1, 0.15) is 44.1 Å². The number of benzene rings is 1. The first-order valence-electron chi connectivity index (χ1n) is 7.50. The molecule has 1 saturated carbocycles. The van der Waals surface area contributed by atoms with Crippen molar-refractivity contribution in [3.05, 3.63) is 28.9 Å². The first-order valence-corrected chi connectivity index (χ1v) is 7.88. The quantitative estimate of drug-likeness (QED) is 0.910. The number of aromatic amines is 1. The van der Waals surface area contributed by atoms with Gasteiger partial charge in [-0.15, -0.1) is 0 Å². The van der Waals surface area contributed by atoms with E-state index in [-0.39, 0.29) is 5.91 Å². The van der Waals surface area contributed by atoms with Gasteiger partial charge in [0.1, 0.15) is 0 Å². The third kappa shape index (κ3) is 3.21. The number of carbonyl (C=O) groups is 1. The van der Waals surface area contributed by atoms with Crippen LogP contribution in [0.2, 0.25) is 5.02 Å². The van der Waals surface area contributed by atoms with Crippen LogP contribution in [0, 0.1) is 5.92 Å². The smallest absolute Gasteiger partial charge is 0.216 e. The zero-order valence-corrected chi connectivity index (χ0v) is 12.9. The van der Waals surface area contributed by atoms with E-state index in [4.69, 9.17) is 11.6 Å². The Balaban J connectivity index is 1.71. The highest BCUT2D eigenvalue weighted by molar-refractivity contribution is 6.31. The number of aromatic nitrogens is 2. The fraction of sp³-hybridized carbons (Fsp3) is 0.500. The Morgan fingerprint density at radius 3 is 2.86 bits per heavy atom. The first kappa shape index (κ1) is 14.4. The van der Waals surface area contributed by atoms with Crippen LogP contribution in [0.25, 0.3) is 10.9 Å². The summed E-state index contributed by atoms with van der Waals surface area (Å²) < 4.78 is 0. The van der Waals surface area contributed by atoms with Gasteiger partial charge in [-0.25, -0.2) is 0 Å². The van der Waals surface area contributed by atoms with E-state index in [2.05, 4.69) is 21.6 Å². The van der Waals surface area contributed by atoms with Gasteiger partial charge in [-0.1, -0.05) is 11.6 Å². The predicted octanol–water partition coefficient (Wildman–Crippen LogP) is 3.63. The van der Waals surface area contributed by atoms with Crippen LogP contribution in [0.4, 0.5) is 0 Å². The Morgan fingerprint density at radius 1 is 1.38 bits per heavy atom. The molecule has 3 rings (SSSR count). The van der Waals surface area contributed by atoms with E-state index >= 15 is 0 Å². The molecule has 1 heterocycles. The first-order chi connectivity index (χ1) is 10.1. The highest BCUT2D eigenvalue weighted by Crippen LogP contribution is 2.39. The molecule has 112 valence electrons. The van der Waals surface area contributed by atoms with Gasteiger partial charge in [0.05, 0.1) is 11.7 Å². The van der Waals surface area contributed by atoms with Gasteiger partial charge in [0, 0.05) is 23.9 Å². The Labute approximate surface area is 129 Å². The van der Waals surface area contributed by atoms with Crippen molar-refractivity contribution in [3.63, 3.8) is 0 Å². The summed E-state index contributed by atoms with van der Waals surface area (Å²) in [6, 6.07) is 4.01. The van der Waals surface area contributed by atoms with Gasteiger partial charge in [-0.05, 0) is 55.2 Å². The minimum atomic E-state index is 0.0621. The van der Waals surface area contributed by atoms with Crippen LogP contribution in [0.15, 0.2) is 18.3 Å². The molecule has 21 heavy (non-hydrogen) atoms. The van der Waals surface area contributed by atoms with Crippen molar-refractivity contribution in [1.82, 2.24) is 15.5 Å². The third-order valence-corrected chi connectivity index (χ3v) is 4.70. The topological polar surface area (TPSA) is 57.8 Å². The number of nitrogens with zero attached hydrogens (tertiary/aromatic N) is 1. The standard InChI is InChI=1S/C16H20ClN3O/c1-10(21)18-8-11-2-4-12(5-3-11)14-6-13(17)7-16-15(14)9-19-20-16/h6-7,9,11-12H,2-5,8H2,1H3,(H,18,21)(H,19,20). The second-order valence-corrected chi connectivity index (χ2v) is 6.42. The zero-order valence-electron chi connectivity index (χ0n) is 12.2. The minimum Gasteiger partial charge on any atom is -0.356 e. The monoisotopic (exact) mass is 305 g/mol. The lowest BCUT2D eigenvalue weighted by atomic mass is 9.78. The molecule has 0 aliphatic heterocycles. The molecule has 0 bridgehead atoms. The third-order valence-electron chi connectivity index (χ3n) is 4.48. The summed E-state index contributed by atoms with van der Waals surface area (Å²) in [5.74, 6) is 1.20. The average molecular weight is 306 g/mol. The number of carbonyl (C=O) groups excluding carboxylic acids is 1. The van der Waals surface area contributed by atoms with E-state index in [1.165, 1.54) is 10.9 Å². The zero-order chi connectivity index (χ0) is 14.8. The number of rotatable bonds is 3. The SMILES string of the molecule is CC(=O)NCC1CCC(c2cc(Cl)cc3[nH]ncc23)CC1. The molecule has 4 nitrogen and oxygen atoms in total. The average Bonchev–Trinajstić information content (AvgIpc) is 2.93. The van der Waals surface area contributed by atoms with Crippen LogP contribution in [-0.2, 0) is 4.79 Å². The number of amides is 1. The molecule has 1 aliphatic rings. The summed E-state index contributed by atoms with van der Waals surface area (Å²) in [6.07, 6.45) is 6.48. The number of fused-ring (bicyclic) bond motifs is 1. The Bertz CT molecular complexity index is 644. The molecule has 5 heteroatoms. The molecule has 2 aromatic rings. The predicted molar refractivity (Wildman–Crippen MR) is 84.5 cm³/mol. The maximum Gasteiger partial charge on any atom is 0.216 e. The fourth-order valence-electron chi connectivity index (χ4n) is 3.35.